The van der Waals surface area contributed by atoms with E-state index in [4.69, 9.17) is 0 Å². The molecule has 1 aliphatic rings. The van der Waals surface area contributed by atoms with Crippen LogP contribution in [0, 0.1) is 5.92 Å². The summed E-state index contributed by atoms with van der Waals surface area (Å²) in [6.07, 6.45) is 0. The maximum atomic E-state index is 11.8. The van der Waals surface area contributed by atoms with Crippen molar-refractivity contribution in [3.05, 3.63) is 29.8 Å². The molecule has 0 N–H and O–H groups in total. The Kier molecular flexibility index (Phi) is 2.42. The van der Waals surface area contributed by atoms with Crippen molar-refractivity contribution >= 4 is 23.3 Å². The first-order chi connectivity index (χ1) is 6.70. The molecule has 2 nitrogen and oxygen atoms in total. The molecule has 1 aromatic carbocycles. The molecule has 1 aliphatic heterocycles. The van der Waals surface area contributed by atoms with Crippen LogP contribution in [0.3, 0.4) is 0 Å². The first-order valence-electron chi connectivity index (χ1n) is 4.46. The second-order valence-electron chi connectivity index (χ2n) is 3.33. The second-order valence-corrected chi connectivity index (χ2v) is 4.40. The topological polar surface area (TPSA) is 34.1 Å². The zero-order valence-corrected chi connectivity index (χ0v) is 8.64. The highest BCUT2D eigenvalue weighted by Gasteiger charge is 2.30. The molecule has 0 saturated heterocycles. The van der Waals surface area contributed by atoms with Crippen LogP contribution in [0.1, 0.15) is 17.3 Å². The molecule has 0 spiro atoms. The highest BCUT2D eigenvalue weighted by molar-refractivity contribution is 7.99. The fraction of sp³-hybridized carbons (Fsp3) is 0.273. The quantitative estimate of drug-likeness (QED) is 0.660. The molecule has 0 bridgehead atoms. The van der Waals surface area contributed by atoms with Crippen LogP contribution in [0.15, 0.2) is 29.2 Å². The van der Waals surface area contributed by atoms with Crippen LogP contribution in [0.25, 0.3) is 0 Å². The Morgan fingerprint density at radius 2 is 2.14 bits per heavy atom. The van der Waals surface area contributed by atoms with E-state index >= 15 is 0 Å². The van der Waals surface area contributed by atoms with Gasteiger partial charge < -0.3 is 0 Å². The van der Waals surface area contributed by atoms with Crippen molar-refractivity contribution < 1.29 is 9.59 Å². The third-order valence-electron chi connectivity index (χ3n) is 2.37. The predicted octanol–water partition coefficient (Wildman–Crippen LogP) is 2.18. The summed E-state index contributed by atoms with van der Waals surface area (Å²) in [5, 5.41) is 0. The lowest BCUT2D eigenvalue weighted by Gasteiger charge is -2.20. The molecule has 72 valence electrons. The van der Waals surface area contributed by atoms with E-state index in [1.165, 1.54) is 6.92 Å². The van der Waals surface area contributed by atoms with Gasteiger partial charge in [0.1, 0.15) is 5.78 Å². The van der Waals surface area contributed by atoms with Crippen molar-refractivity contribution in [3.63, 3.8) is 0 Å². The first kappa shape index (κ1) is 9.46. The number of fused-ring (bicyclic) bond motifs is 1. The lowest BCUT2D eigenvalue weighted by atomic mass is 9.95. The molecule has 14 heavy (non-hydrogen) atoms. The van der Waals surface area contributed by atoms with Crippen molar-refractivity contribution in [3.8, 4) is 0 Å². The number of ketones is 2. The summed E-state index contributed by atoms with van der Waals surface area (Å²) in [6, 6.07) is 7.46. The van der Waals surface area contributed by atoms with Crippen LogP contribution in [-0.4, -0.2) is 17.3 Å². The number of hydrogen-bond acceptors (Lipinski definition) is 3. The SMILES string of the molecule is CC(=O)C1CSc2ccccc2C1=O. The van der Waals surface area contributed by atoms with Crippen LogP contribution >= 0.6 is 11.8 Å². The van der Waals surface area contributed by atoms with Gasteiger partial charge in [-0.3, -0.25) is 9.59 Å². The second kappa shape index (κ2) is 3.58. The van der Waals surface area contributed by atoms with Crippen LogP contribution in [-0.2, 0) is 4.79 Å². The molecule has 3 heteroatoms. The highest BCUT2D eigenvalue weighted by Crippen LogP contribution is 2.32. The van der Waals surface area contributed by atoms with Gasteiger partial charge in [-0.15, -0.1) is 11.8 Å². The maximum Gasteiger partial charge on any atom is 0.175 e. The molecule has 1 unspecified atom stereocenters. The van der Waals surface area contributed by atoms with Gasteiger partial charge in [0.25, 0.3) is 0 Å². The molecule has 1 aromatic rings. The van der Waals surface area contributed by atoms with E-state index in [0.29, 0.717) is 11.3 Å². The van der Waals surface area contributed by atoms with Crippen LogP contribution in [0.4, 0.5) is 0 Å². The molecule has 1 atom stereocenters. The molecule has 1 heterocycles. The van der Waals surface area contributed by atoms with E-state index in [1.807, 2.05) is 18.2 Å². The predicted molar refractivity (Wildman–Crippen MR) is 55.7 cm³/mol. The number of Topliss-reactive ketones (excluding diaryl/α,β-unsaturated/α-hetero) is 2. The summed E-state index contributed by atoms with van der Waals surface area (Å²) in [6.45, 7) is 1.48. The summed E-state index contributed by atoms with van der Waals surface area (Å²) in [7, 11) is 0. The average Bonchev–Trinajstić information content (AvgIpc) is 2.18. The minimum Gasteiger partial charge on any atom is -0.299 e. The third-order valence-corrected chi connectivity index (χ3v) is 3.53. The smallest absolute Gasteiger partial charge is 0.175 e. The van der Waals surface area contributed by atoms with Crippen LogP contribution in [0.2, 0.25) is 0 Å². The summed E-state index contributed by atoms with van der Waals surface area (Å²) in [4.78, 5) is 24.0. The number of hydrogen-bond donors (Lipinski definition) is 0. The van der Waals surface area contributed by atoms with E-state index in [2.05, 4.69) is 0 Å². The van der Waals surface area contributed by atoms with Crippen LogP contribution in [0.5, 0.6) is 0 Å². The van der Waals surface area contributed by atoms with E-state index in [0.717, 1.165) is 4.90 Å². The molecule has 0 saturated carbocycles. The van der Waals surface area contributed by atoms with Gasteiger partial charge in [-0.1, -0.05) is 18.2 Å². The Balaban J connectivity index is 2.41. The zero-order chi connectivity index (χ0) is 10.1. The largest absolute Gasteiger partial charge is 0.299 e. The molecule has 0 amide bonds. The van der Waals surface area contributed by atoms with Gasteiger partial charge in [0, 0.05) is 16.2 Å². The number of carbonyl (C=O) groups excluding carboxylic acids is 2. The van der Waals surface area contributed by atoms with Crippen molar-refractivity contribution in [2.45, 2.75) is 11.8 Å². The normalized spacial score (nSPS) is 20.4. The van der Waals surface area contributed by atoms with Crippen molar-refractivity contribution in [2.75, 3.05) is 5.75 Å². The fourth-order valence-electron chi connectivity index (χ4n) is 1.53. The Bertz CT molecular complexity index is 398. The Morgan fingerprint density at radius 1 is 1.43 bits per heavy atom. The Morgan fingerprint density at radius 3 is 2.86 bits per heavy atom. The summed E-state index contributed by atoms with van der Waals surface area (Å²) in [5.74, 6) is 0.101. The minimum absolute atomic E-state index is 0.0214. The molecule has 0 fully saturated rings. The number of thioether (sulfide) groups is 1. The van der Waals surface area contributed by atoms with Gasteiger partial charge in [-0.2, -0.15) is 0 Å². The lowest BCUT2D eigenvalue weighted by Crippen LogP contribution is -2.27. The monoisotopic (exact) mass is 206 g/mol. The molecule has 0 radical (unpaired) electrons. The third kappa shape index (κ3) is 1.48. The van der Waals surface area contributed by atoms with E-state index in [9.17, 15) is 9.59 Å². The molecule has 0 aromatic heterocycles. The fourth-order valence-corrected chi connectivity index (χ4v) is 2.77. The van der Waals surface area contributed by atoms with Gasteiger partial charge in [0.2, 0.25) is 0 Å². The molecule has 2 rings (SSSR count). The van der Waals surface area contributed by atoms with Gasteiger partial charge in [-0.25, -0.2) is 0 Å². The molecular formula is C11H10O2S. The van der Waals surface area contributed by atoms with Gasteiger partial charge >= 0.3 is 0 Å². The van der Waals surface area contributed by atoms with Gasteiger partial charge in [0.05, 0.1) is 5.92 Å². The highest BCUT2D eigenvalue weighted by atomic mass is 32.2. The summed E-state index contributed by atoms with van der Waals surface area (Å²) in [5.41, 5.74) is 0.698. The number of rotatable bonds is 1. The standard InChI is InChI=1S/C11H10O2S/c1-7(12)9-6-14-10-5-3-2-4-8(10)11(9)13/h2-5,9H,6H2,1H3. The van der Waals surface area contributed by atoms with Gasteiger partial charge in [0.15, 0.2) is 5.78 Å². The molecular weight excluding hydrogens is 196 g/mol. The molecule has 0 aliphatic carbocycles. The van der Waals surface area contributed by atoms with Crippen molar-refractivity contribution in [1.29, 1.82) is 0 Å². The van der Waals surface area contributed by atoms with Crippen molar-refractivity contribution in [2.24, 2.45) is 5.92 Å². The minimum atomic E-state index is -0.435. The van der Waals surface area contributed by atoms with Crippen molar-refractivity contribution in [1.82, 2.24) is 0 Å². The summed E-state index contributed by atoms with van der Waals surface area (Å²) < 4.78 is 0. The van der Waals surface area contributed by atoms with E-state index in [-0.39, 0.29) is 11.6 Å². The maximum absolute atomic E-state index is 11.8. The number of carbonyl (C=O) groups is 2. The zero-order valence-electron chi connectivity index (χ0n) is 7.82. The van der Waals surface area contributed by atoms with E-state index < -0.39 is 5.92 Å². The lowest BCUT2D eigenvalue weighted by molar-refractivity contribution is -0.118. The Hall–Kier alpha value is -1.09. The van der Waals surface area contributed by atoms with Gasteiger partial charge in [-0.05, 0) is 13.0 Å². The summed E-state index contributed by atoms with van der Waals surface area (Å²) >= 11 is 1.59. The van der Waals surface area contributed by atoms with E-state index in [1.54, 1.807) is 17.8 Å². The van der Waals surface area contributed by atoms with Crippen LogP contribution < -0.4 is 0 Å². The Labute approximate surface area is 86.7 Å². The average molecular weight is 206 g/mol. The first-order valence-corrected chi connectivity index (χ1v) is 5.45. The number of benzene rings is 1.